The summed E-state index contributed by atoms with van der Waals surface area (Å²) in [5, 5.41) is 13.5. The molecular formula is C13H13FN2O2S. The zero-order valence-corrected chi connectivity index (χ0v) is 10.9. The monoisotopic (exact) mass is 280 g/mol. The molecule has 0 amide bonds. The summed E-state index contributed by atoms with van der Waals surface area (Å²) in [6.07, 6.45) is 0. The molecule has 6 heteroatoms. The Hall–Kier alpha value is -1.92. The molecule has 0 saturated carbocycles. The third-order valence-electron chi connectivity index (χ3n) is 2.54. The first kappa shape index (κ1) is 13.5. The molecule has 0 atom stereocenters. The van der Waals surface area contributed by atoms with Crippen LogP contribution in [0.2, 0.25) is 0 Å². The molecule has 3 N–H and O–H groups in total. The second-order valence-electron chi connectivity index (χ2n) is 3.86. The smallest absolute Gasteiger partial charge is 0.170 e. The molecular weight excluding hydrogens is 267 g/mol. The number of oxime groups is 1. The number of nitrogens with zero attached hydrogens (tertiary/aromatic N) is 1. The van der Waals surface area contributed by atoms with Crippen LogP contribution in [0.25, 0.3) is 0 Å². The van der Waals surface area contributed by atoms with Crippen LogP contribution in [-0.2, 0) is 18.0 Å². The molecule has 1 aromatic carbocycles. The van der Waals surface area contributed by atoms with Gasteiger partial charge in [-0.2, -0.15) is 0 Å². The van der Waals surface area contributed by atoms with E-state index >= 15 is 0 Å². The summed E-state index contributed by atoms with van der Waals surface area (Å²) in [5.41, 5.74) is 6.53. The normalized spacial score (nSPS) is 11.7. The maximum atomic E-state index is 13.2. The molecule has 1 aromatic heterocycles. The van der Waals surface area contributed by atoms with Gasteiger partial charge in [-0.25, -0.2) is 4.39 Å². The maximum Gasteiger partial charge on any atom is 0.170 e. The zero-order valence-electron chi connectivity index (χ0n) is 10.0. The molecule has 0 aliphatic carbocycles. The second kappa shape index (κ2) is 6.31. The molecule has 2 rings (SSSR count). The van der Waals surface area contributed by atoms with E-state index in [4.69, 9.17) is 15.7 Å². The summed E-state index contributed by atoms with van der Waals surface area (Å²) < 4.78 is 18.7. The second-order valence-corrected chi connectivity index (χ2v) is 4.89. The van der Waals surface area contributed by atoms with Crippen molar-refractivity contribution in [2.24, 2.45) is 10.9 Å². The lowest BCUT2D eigenvalue weighted by Gasteiger charge is -2.09. The first-order chi connectivity index (χ1) is 9.20. The van der Waals surface area contributed by atoms with E-state index in [-0.39, 0.29) is 12.4 Å². The van der Waals surface area contributed by atoms with Gasteiger partial charge in [-0.1, -0.05) is 17.3 Å². The first-order valence-corrected chi connectivity index (χ1v) is 6.45. The fourth-order valence-electron chi connectivity index (χ4n) is 1.62. The Morgan fingerprint density at radius 3 is 2.89 bits per heavy atom. The molecule has 0 aliphatic heterocycles. The average molecular weight is 280 g/mol. The SMILES string of the molecule is NC(=NO)c1cc(F)ccc1COCc1cccs1. The predicted molar refractivity (Wildman–Crippen MR) is 71.7 cm³/mol. The quantitative estimate of drug-likeness (QED) is 0.383. The number of rotatable bonds is 5. The predicted octanol–water partition coefficient (Wildman–Crippen LogP) is 2.70. The van der Waals surface area contributed by atoms with Crippen LogP contribution in [-0.4, -0.2) is 11.0 Å². The van der Waals surface area contributed by atoms with Crippen molar-refractivity contribution in [2.75, 3.05) is 0 Å². The highest BCUT2D eigenvalue weighted by atomic mass is 32.1. The van der Waals surface area contributed by atoms with Crippen molar-refractivity contribution in [1.29, 1.82) is 0 Å². The Kier molecular flexibility index (Phi) is 4.48. The van der Waals surface area contributed by atoms with Gasteiger partial charge in [0.1, 0.15) is 5.82 Å². The zero-order chi connectivity index (χ0) is 13.7. The molecule has 0 unspecified atom stereocenters. The minimum absolute atomic E-state index is 0.130. The van der Waals surface area contributed by atoms with Crippen LogP contribution >= 0.6 is 11.3 Å². The number of ether oxygens (including phenoxy) is 1. The molecule has 0 bridgehead atoms. The topological polar surface area (TPSA) is 67.8 Å². The molecule has 1 heterocycles. The van der Waals surface area contributed by atoms with E-state index in [0.717, 1.165) is 4.88 Å². The van der Waals surface area contributed by atoms with Gasteiger partial charge < -0.3 is 15.7 Å². The number of thiophene rings is 1. The highest BCUT2D eigenvalue weighted by Crippen LogP contribution is 2.15. The van der Waals surface area contributed by atoms with E-state index in [1.165, 1.54) is 12.1 Å². The Morgan fingerprint density at radius 1 is 1.37 bits per heavy atom. The third kappa shape index (κ3) is 3.52. The van der Waals surface area contributed by atoms with E-state index in [0.29, 0.717) is 17.7 Å². The minimum Gasteiger partial charge on any atom is -0.409 e. The van der Waals surface area contributed by atoms with Crippen LogP contribution < -0.4 is 5.73 Å². The van der Waals surface area contributed by atoms with E-state index < -0.39 is 5.82 Å². The number of amidine groups is 1. The molecule has 0 aliphatic rings. The van der Waals surface area contributed by atoms with Gasteiger partial charge >= 0.3 is 0 Å². The maximum absolute atomic E-state index is 13.2. The van der Waals surface area contributed by atoms with Crippen LogP contribution in [0.3, 0.4) is 0 Å². The Balaban J connectivity index is 2.07. The van der Waals surface area contributed by atoms with E-state index in [1.54, 1.807) is 17.4 Å². The largest absolute Gasteiger partial charge is 0.409 e. The Bertz CT molecular complexity index is 570. The standard InChI is InChI=1S/C13H13FN2O2S/c14-10-4-3-9(12(6-10)13(15)16-17)7-18-8-11-2-1-5-19-11/h1-6,17H,7-8H2,(H2,15,16). The molecule has 0 spiro atoms. The number of benzene rings is 1. The van der Waals surface area contributed by atoms with Crippen molar-refractivity contribution < 1.29 is 14.3 Å². The van der Waals surface area contributed by atoms with E-state index in [9.17, 15) is 4.39 Å². The lowest BCUT2D eigenvalue weighted by molar-refractivity contribution is 0.109. The highest BCUT2D eigenvalue weighted by Gasteiger charge is 2.09. The van der Waals surface area contributed by atoms with Crippen molar-refractivity contribution in [3.8, 4) is 0 Å². The molecule has 0 radical (unpaired) electrons. The van der Waals surface area contributed by atoms with E-state index in [2.05, 4.69) is 5.16 Å². The number of hydrogen-bond acceptors (Lipinski definition) is 4. The van der Waals surface area contributed by atoms with Crippen LogP contribution in [0.4, 0.5) is 4.39 Å². The average Bonchev–Trinajstić information content (AvgIpc) is 2.92. The summed E-state index contributed by atoms with van der Waals surface area (Å²) in [5.74, 6) is -0.571. The van der Waals surface area contributed by atoms with Gasteiger partial charge in [0.25, 0.3) is 0 Å². The Morgan fingerprint density at radius 2 is 2.21 bits per heavy atom. The highest BCUT2D eigenvalue weighted by molar-refractivity contribution is 7.09. The van der Waals surface area contributed by atoms with Crippen LogP contribution in [0, 0.1) is 5.82 Å². The summed E-state index contributed by atoms with van der Waals surface area (Å²) in [4.78, 5) is 1.10. The Labute approximate surface area is 113 Å². The van der Waals surface area contributed by atoms with Crippen LogP contribution in [0.15, 0.2) is 40.9 Å². The van der Waals surface area contributed by atoms with Crippen molar-refractivity contribution in [3.05, 3.63) is 57.5 Å². The molecule has 2 aromatic rings. The van der Waals surface area contributed by atoms with Gasteiger partial charge in [0.05, 0.1) is 13.2 Å². The van der Waals surface area contributed by atoms with Gasteiger partial charge in [0.2, 0.25) is 0 Å². The van der Waals surface area contributed by atoms with Gasteiger partial charge in [0.15, 0.2) is 5.84 Å². The van der Waals surface area contributed by atoms with Crippen molar-refractivity contribution in [2.45, 2.75) is 13.2 Å². The van der Waals surface area contributed by atoms with Gasteiger partial charge in [-0.05, 0) is 29.1 Å². The summed E-state index contributed by atoms with van der Waals surface area (Å²) in [6, 6.07) is 8.02. The van der Waals surface area contributed by atoms with Crippen molar-refractivity contribution in [1.82, 2.24) is 0 Å². The lowest BCUT2D eigenvalue weighted by atomic mass is 10.1. The summed E-state index contributed by atoms with van der Waals surface area (Å²) in [7, 11) is 0. The molecule has 4 nitrogen and oxygen atoms in total. The number of halogens is 1. The fraction of sp³-hybridized carbons (Fsp3) is 0.154. The van der Waals surface area contributed by atoms with Gasteiger partial charge in [-0.15, -0.1) is 11.3 Å². The number of hydrogen-bond donors (Lipinski definition) is 2. The van der Waals surface area contributed by atoms with Crippen molar-refractivity contribution >= 4 is 17.2 Å². The van der Waals surface area contributed by atoms with E-state index in [1.807, 2.05) is 17.5 Å². The summed E-state index contributed by atoms with van der Waals surface area (Å²) >= 11 is 1.60. The molecule has 0 saturated heterocycles. The third-order valence-corrected chi connectivity index (χ3v) is 3.39. The minimum atomic E-state index is -0.441. The fourth-order valence-corrected chi connectivity index (χ4v) is 2.26. The van der Waals surface area contributed by atoms with Crippen LogP contribution in [0.5, 0.6) is 0 Å². The van der Waals surface area contributed by atoms with Crippen LogP contribution in [0.1, 0.15) is 16.0 Å². The molecule has 0 fully saturated rings. The van der Waals surface area contributed by atoms with Gasteiger partial charge in [0, 0.05) is 10.4 Å². The molecule has 19 heavy (non-hydrogen) atoms. The lowest BCUT2D eigenvalue weighted by Crippen LogP contribution is -2.16. The summed E-state index contributed by atoms with van der Waals surface area (Å²) in [6.45, 7) is 0.744. The molecule has 100 valence electrons. The first-order valence-electron chi connectivity index (χ1n) is 5.57. The number of nitrogens with two attached hydrogens (primary N) is 1. The van der Waals surface area contributed by atoms with Crippen molar-refractivity contribution in [3.63, 3.8) is 0 Å². The van der Waals surface area contributed by atoms with Gasteiger partial charge in [-0.3, -0.25) is 0 Å².